The number of nitrogens with one attached hydrogen (secondary N) is 1. The van der Waals surface area contributed by atoms with Crippen molar-refractivity contribution in [2.24, 2.45) is 11.7 Å². The number of hydrogen-bond donors (Lipinski definition) is 2. The lowest BCUT2D eigenvalue weighted by molar-refractivity contribution is -0.124. The van der Waals surface area contributed by atoms with Crippen LogP contribution in [-0.2, 0) is 11.3 Å². The average Bonchev–Trinajstić information content (AvgIpc) is 2.26. The first-order chi connectivity index (χ1) is 6.74. The van der Waals surface area contributed by atoms with Crippen molar-refractivity contribution in [2.75, 3.05) is 6.54 Å². The molecule has 1 unspecified atom stereocenters. The molecule has 0 fully saturated rings. The van der Waals surface area contributed by atoms with Crippen LogP contribution in [0.1, 0.15) is 12.6 Å². The number of carbonyl (C=O) groups is 1. The van der Waals surface area contributed by atoms with E-state index in [1.807, 2.05) is 18.2 Å². The smallest absolute Gasteiger partial charge is 0.224 e. The van der Waals surface area contributed by atoms with Gasteiger partial charge >= 0.3 is 0 Å². The Hall–Kier alpha value is -1.42. The highest BCUT2D eigenvalue weighted by molar-refractivity contribution is 5.78. The Morgan fingerprint density at radius 3 is 3.00 bits per heavy atom. The third-order valence-electron chi connectivity index (χ3n) is 1.97. The van der Waals surface area contributed by atoms with E-state index in [4.69, 9.17) is 5.73 Å². The van der Waals surface area contributed by atoms with Crippen molar-refractivity contribution < 1.29 is 4.79 Å². The number of amides is 1. The van der Waals surface area contributed by atoms with Crippen molar-refractivity contribution >= 4 is 5.91 Å². The summed E-state index contributed by atoms with van der Waals surface area (Å²) in [6, 6.07) is 5.60. The molecule has 3 N–H and O–H groups in total. The maximum absolute atomic E-state index is 11.3. The predicted molar refractivity (Wildman–Crippen MR) is 54.3 cm³/mol. The van der Waals surface area contributed by atoms with E-state index in [0.29, 0.717) is 13.1 Å². The van der Waals surface area contributed by atoms with Crippen LogP contribution in [0.4, 0.5) is 0 Å². The first kappa shape index (κ1) is 10.7. The molecule has 76 valence electrons. The van der Waals surface area contributed by atoms with Gasteiger partial charge in [-0.25, -0.2) is 0 Å². The summed E-state index contributed by atoms with van der Waals surface area (Å²) in [6.45, 7) is 2.63. The van der Waals surface area contributed by atoms with E-state index < -0.39 is 0 Å². The van der Waals surface area contributed by atoms with E-state index in [2.05, 4.69) is 10.3 Å². The number of nitrogens with zero attached hydrogens (tertiary/aromatic N) is 1. The number of carbonyl (C=O) groups excluding carboxylic acids is 1. The Labute approximate surface area is 83.5 Å². The molecule has 4 heteroatoms. The van der Waals surface area contributed by atoms with Gasteiger partial charge in [0.1, 0.15) is 0 Å². The first-order valence-corrected chi connectivity index (χ1v) is 4.61. The van der Waals surface area contributed by atoms with Crippen molar-refractivity contribution in [2.45, 2.75) is 13.5 Å². The molecular weight excluding hydrogens is 178 g/mol. The summed E-state index contributed by atoms with van der Waals surface area (Å²) in [5, 5.41) is 2.77. The zero-order chi connectivity index (χ0) is 10.4. The molecule has 14 heavy (non-hydrogen) atoms. The summed E-state index contributed by atoms with van der Waals surface area (Å²) < 4.78 is 0. The van der Waals surface area contributed by atoms with Crippen LogP contribution < -0.4 is 11.1 Å². The quantitative estimate of drug-likeness (QED) is 0.722. The van der Waals surface area contributed by atoms with Crippen molar-refractivity contribution in [3.05, 3.63) is 30.1 Å². The molecule has 0 radical (unpaired) electrons. The normalized spacial score (nSPS) is 12.1. The molecule has 1 atom stereocenters. The predicted octanol–water partition coefficient (Wildman–Crippen LogP) is 0.293. The Kier molecular flexibility index (Phi) is 4.07. The van der Waals surface area contributed by atoms with E-state index in [9.17, 15) is 4.79 Å². The topological polar surface area (TPSA) is 68.0 Å². The highest BCUT2D eigenvalue weighted by Crippen LogP contribution is 1.95. The van der Waals surface area contributed by atoms with Gasteiger partial charge in [0.15, 0.2) is 0 Å². The Morgan fingerprint density at radius 2 is 2.43 bits per heavy atom. The zero-order valence-corrected chi connectivity index (χ0v) is 8.23. The SMILES string of the molecule is CC(CN)C(=O)NCc1ccccn1. The minimum absolute atomic E-state index is 0.0295. The molecule has 0 aliphatic rings. The highest BCUT2D eigenvalue weighted by Gasteiger charge is 2.09. The minimum atomic E-state index is -0.140. The van der Waals surface area contributed by atoms with Gasteiger partial charge in [0, 0.05) is 18.7 Å². The van der Waals surface area contributed by atoms with E-state index in [1.54, 1.807) is 13.1 Å². The fourth-order valence-electron chi connectivity index (χ4n) is 0.962. The van der Waals surface area contributed by atoms with Crippen molar-refractivity contribution in [3.63, 3.8) is 0 Å². The molecule has 0 aliphatic carbocycles. The van der Waals surface area contributed by atoms with E-state index in [1.165, 1.54) is 0 Å². The van der Waals surface area contributed by atoms with Crippen molar-refractivity contribution in [3.8, 4) is 0 Å². The molecule has 0 saturated heterocycles. The fraction of sp³-hybridized carbons (Fsp3) is 0.400. The van der Waals surface area contributed by atoms with Crippen molar-refractivity contribution in [1.82, 2.24) is 10.3 Å². The molecule has 1 rings (SSSR count). The molecule has 1 aromatic rings. The van der Waals surface area contributed by atoms with Gasteiger partial charge in [0.05, 0.1) is 12.2 Å². The van der Waals surface area contributed by atoms with Crippen LogP contribution in [0.25, 0.3) is 0 Å². The lowest BCUT2D eigenvalue weighted by atomic mass is 10.1. The van der Waals surface area contributed by atoms with Crippen LogP contribution in [-0.4, -0.2) is 17.4 Å². The first-order valence-electron chi connectivity index (χ1n) is 4.61. The minimum Gasteiger partial charge on any atom is -0.350 e. The van der Waals surface area contributed by atoms with Crippen molar-refractivity contribution in [1.29, 1.82) is 0 Å². The monoisotopic (exact) mass is 193 g/mol. The lowest BCUT2D eigenvalue weighted by Crippen LogP contribution is -2.32. The third kappa shape index (κ3) is 3.14. The second-order valence-electron chi connectivity index (χ2n) is 3.18. The Bertz CT molecular complexity index is 287. The summed E-state index contributed by atoms with van der Waals surface area (Å²) in [4.78, 5) is 15.4. The molecule has 4 nitrogen and oxygen atoms in total. The number of hydrogen-bond acceptors (Lipinski definition) is 3. The molecule has 0 aromatic carbocycles. The van der Waals surface area contributed by atoms with Crippen LogP contribution in [0.15, 0.2) is 24.4 Å². The summed E-state index contributed by atoms with van der Waals surface area (Å²) >= 11 is 0. The molecule has 0 saturated carbocycles. The van der Waals surface area contributed by atoms with Gasteiger partial charge in [-0.2, -0.15) is 0 Å². The fourth-order valence-corrected chi connectivity index (χ4v) is 0.962. The molecular formula is C10H15N3O. The van der Waals surface area contributed by atoms with Gasteiger partial charge in [-0.15, -0.1) is 0 Å². The van der Waals surface area contributed by atoms with Crippen LogP contribution in [0.2, 0.25) is 0 Å². The number of pyridine rings is 1. The van der Waals surface area contributed by atoms with E-state index in [-0.39, 0.29) is 11.8 Å². The molecule has 0 spiro atoms. The largest absolute Gasteiger partial charge is 0.350 e. The van der Waals surface area contributed by atoms with Crippen LogP contribution in [0.3, 0.4) is 0 Å². The summed E-state index contributed by atoms with van der Waals surface area (Å²) in [6.07, 6.45) is 1.70. The van der Waals surface area contributed by atoms with Crippen LogP contribution in [0.5, 0.6) is 0 Å². The number of rotatable bonds is 4. The van der Waals surface area contributed by atoms with Crippen LogP contribution in [0, 0.1) is 5.92 Å². The van der Waals surface area contributed by atoms with E-state index in [0.717, 1.165) is 5.69 Å². The van der Waals surface area contributed by atoms with Gasteiger partial charge in [0.2, 0.25) is 5.91 Å². The second kappa shape index (κ2) is 5.34. The van der Waals surface area contributed by atoms with Gasteiger partial charge in [-0.3, -0.25) is 9.78 Å². The second-order valence-corrected chi connectivity index (χ2v) is 3.18. The van der Waals surface area contributed by atoms with Gasteiger partial charge < -0.3 is 11.1 Å². The molecule has 1 heterocycles. The zero-order valence-electron chi connectivity index (χ0n) is 8.23. The Morgan fingerprint density at radius 1 is 1.64 bits per heavy atom. The average molecular weight is 193 g/mol. The van der Waals surface area contributed by atoms with Gasteiger partial charge in [0.25, 0.3) is 0 Å². The summed E-state index contributed by atoms with van der Waals surface area (Å²) in [7, 11) is 0. The molecule has 1 amide bonds. The summed E-state index contributed by atoms with van der Waals surface area (Å²) in [5.74, 6) is -0.170. The van der Waals surface area contributed by atoms with Crippen LogP contribution >= 0.6 is 0 Å². The lowest BCUT2D eigenvalue weighted by Gasteiger charge is -2.08. The molecule has 0 bridgehead atoms. The number of aromatic nitrogens is 1. The molecule has 1 aromatic heterocycles. The van der Waals surface area contributed by atoms with Gasteiger partial charge in [-0.05, 0) is 12.1 Å². The standard InChI is InChI=1S/C10H15N3O/c1-8(6-11)10(14)13-7-9-4-2-3-5-12-9/h2-5,8H,6-7,11H2,1H3,(H,13,14). The maximum atomic E-state index is 11.3. The highest BCUT2D eigenvalue weighted by atomic mass is 16.1. The third-order valence-corrected chi connectivity index (χ3v) is 1.97. The number of nitrogens with two attached hydrogens (primary N) is 1. The van der Waals surface area contributed by atoms with E-state index >= 15 is 0 Å². The van der Waals surface area contributed by atoms with Gasteiger partial charge in [-0.1, -0.05) is 13.0 Å². The summed E-state index contributed by atoms with van der Waals surface area (Å²) in [5.41, 5.74) is 6.22. The maximum Gasteiger partial charge on any atom is 0.224 e. The molecule has 0 aliphatic heterocycles. The Balaban J connectivity index is 2.38.